The quantitative estimate of drug-likeness (QED) is 0.774. The van der Waals surface area contributed by atoms with Gasteiger partial charge in [-0.1, -0.05) is 18.2 Å². The Morgan fingerprint density at radius 3 is 2.67 bits per heavy atom. The number of aromatic nitrogens is 3. The Hall–Kier alpha value is -2.37. The smallest absolute Gasteiger partial charge is 0.358 e. The van der Waals surface area contributed by atoms with E-state index in [1.165, 1.54) is 11.0 Å². The Kier molecular flexibility index (Phi) is 2.32. The number of benzene rings is 1. The van der Waals surface area contributed by atoms with Crippen molar-refractivity contribution in [3.63, 3.8) is 0 Å². The number of nitrogens with one attached hydrogen (secondary N) is 1. The summed E-state index contributed by atoms with van der Waals surface area (Å²) in [6.45, 7) is 0. The van der Waals surface area contributed by atoms with Gasteiger partial charge in [-0.2, -0.15) is 4.79 Å². The zero-order valence-electron chi connectivity index (χ0n) is 7.66. The average Bonchev–Trinajstić information content (AvgIpc) is 2.68. The number of hydrogen-bond acceptors (Lipinski definition) is 4. The highest BCUT2D eigenvalue weighted by Gasteiger charge is 2.07. The van der Waals surface area contributed by atoms with Gasteiger partial charge >= 0.3 is 5.97 Å². The number of nitrogens with zero attached hydrogens (tertiary/aromatic N) is 3. The molecule has 0 atom stereocenters. The van der Waals surface area contributed by atoms with Gasteiger partial charge in [0.25, 0.3) is 0 Å². The summed E-state index contributed by atoms with van der Waals surface area (Å²) in [4.78, 5) is 11.8. The Bertz CT molecular complexity index is 466. The molecule has 0 aliphatic heterocycles. The first-order chi connectivity index (χ1) is 7.25. The molecule has 15 heavy (non-hydrogen) atoms. The van der Waals surface area contributed by atoms with E-state index in [2.05, 4.69) is 15.7 Å². The predicted octanol–water partition coefficient (Wildman–Crippen LogP) is 0.851. The van der Waals surface area contributed by atoms with Crippen LogP contribution in [-0.4, -0.2) is 26.2 Å². The summed E-state index contributed by atoms with van der Waals surface area (Å²) in [5.74, 6) is -1.10. The van der Waals surface area contributed by atoms with Crippen LogP contribution in [0.15, 0.2) is 36.5 Å². The highest BCUT2D eigenvalue weighted by Crippen LogP contribution is 2.04. The van der Waals surface area contributed by atoms with Crippen molar-refractivity contribution < 1.29 is 9.90 Å². The summed E-state index contributed by atoms with van der Waals surface area (Å²) < 4.78 is 0. The van der Waals surface area contributed by atoms with Crippen molar-refractivity contribution in [3.05, 3.63) is 42.2 Å². The minimum Gasteiger partial charge on any atom is -0.476 e. The Labute approximate surface area is 85.1 Å². The van der Waals surface area contributed by atoms with E-state index < -0.39 is 5.97 Å². The Morgan fingerprint density at radius 2 is 2.07 bits per heavy atom. The Morgan fingerprint density at radius 1 is 1.33 bits per heavy atom. The molecule has 2 N–H and O–H groups in total. The van der Waals surface area contributed by atoms with Crippen LogP contribution in [0.3, 0.4) is 0 Å². The largest absolute Gasteiger partial charge is 0.476 e. The van der Waals surface area contributed by atoms with E-state index in [0.29, 0.717) is 0 Å². The summed E-state index contributed by atoms with van der Waals surface area (Å²) in [5.41, 5.74) is 3.57. The van der Waals surface area contributed by atoms with Gasteiger partial charge in [0.1, 0.15) is 0 Å². The van der Waals surface area contributed by atoms with Crippen LogP contribution in [-0.2, 0) is 0 Å². The second-order valence-corrected chi connectivity index (χ2v) is 2.83. The second-order valence-electron chi connectivity index (χ2n) is 2.83. The fourth-order valence-corrected chi connectivity index (χ4v) is 1.06. The summed E-state index contributed by atoms with van der Waals surface area (Å²) in [6.07, 6.45) is 1.30. The van der Waals surface area contributed by atoms with Crippen molar-refractivity contribution in [1.82, 2.24) is 15.1 Å². The number of para-hydroxylation sites is 1. The minimum absolute atomic E-state index is 0.0987. The van der Waals surface area contributed by atoms with Crippen LogP contribution < -0.4 is 5.43 Å². The van der Waals surface area contributed by atoms with Crippen LogP contribution in [0.4, 0.5) is 5.69 Å². The van der Waals surface area contributed by atoms with Gasteiger partial charge in [-0.25, -0.2) is 4.79 Å². The van der Waals surface area contributed by atoms with Gasteiger partial charge in [-0.05, 0) is 17.3 Å². The monoisotopic (exact) mass is 204 g/mol. The van der Waals surface area contributed by atoms with Crippen LogP contribution in [0.25, 0.3) is 0 Å². The molecule has 0 fully saturated rings. The zero-order chi connectivity index (χ0) is 10.7. The Balaban J connectivity index is 2.15. The van der Waals surface area contributed by atoms with Gasteiger partial charge < -0.3 is 5.11 Å². The fourth-order valence-electron chi connectivity index (χ4n) is 1.06. The maximum Gasteiger partial charge on any atom is 0.358 e. The molecule has 2 aromatic rings. The molecule has 0 spiro atoms. The van der Waals surface area contributed by atoms with Gasteiger partial charge in [-0.15, -0.1) is 5.10 Å². The molecule has 0 bridgehead atoms. The molecule has 1 aromatic carbocycles. The molecule has 1 heterocycles. The zero-order valence-corrected chi connectivity index (χ0v) is 7.66. The lowest BCUT2D eigenvalue weighted by atomic mass is 10.3. The molecule has 1 aromatic heterocycles. The third-order valence-corrected chi connectivity index (χ3v) is 1.73. The molecule has 6 heteroatoms. The van der Waals surface area contributed by atoms with Crippen LogP contribution in [0, 0.1) is 0 Å². The first-order valence-electron chi connectivity index (χ1n) is 4.23. The van der Waals surface area contributed by atoms with E-state index in [9.17, 15) is 4.79 Å². The number of carbonyl (C=O) groups is 1. The third kappa shape index (κ3) is 2.11. The normalized spacial score (nSPS) is 9.87. The molecule has 2 rings (SSSR count). The van der Waals surface area contributed by atoms with Crippen molar-refractivity contribution in [2.24, 2.45) is 0 Å². The van der Waals surface area contributed by atoms with Crippen LogP contribution in [0.1, 0.15) is 10.5 Å². The molecule has 0 amide bonds. The summed E-state index contributed by atoms with van der Waals surface area (Å²) in [7, 11) is 0. The number of anilines is 1. The number of rotatable bonds is 3. The standard InChI is InChI=1S/C9H8N4O2/c14-9(15)8-6-13(12-10-8)11-7-4-2-1-3-5-7/h1-6,11H,(H,14,15). The first kappa shape index (κ1) is 9.20. The number of carboxylic acids is 1. The van der Waals surface area contributed by atoms with Crippen molar-refractivity contribution in [3.8, 4) is 0 Å². The van der Waals surface area contributed by atoms with E-state index in [0.717, 1.165) is 5.69 Å². The average molecular weight is 204 g/mol. The van der Waals surface area contributed by atoms with Gasteiger partial charge in [0, 0.05) is 0 Å². The SMILES string of the molecule is O=C(O)c1cn(Nc2ccccc2)nn1. The van der Waals surface area contributed by atoms with Crippen LogP contribution >= 0.6 is 0 Å². The number of aromatic carboxylic acids is 1. The second kappa shape index (κ2) is 3.79. The van der Waals surface area contributed by atoms with E-state index in [-0.39, 0.29) is 5.69 Å². The third-order valence-electron chi connectivity index (χ3n) is 1.73. The lowest BCUT2D eigenvalue weighted by molar-refractivity contribution is 0.0690. The molecule has 6 nitrogen and oxygen atoms in total. The molecular formula is C9H8N4O2. The van der Waals surface area contributed by atoms with Crippen molar-refractivity contribution in [2.75, 3.05) is 5.43 Å². The van der Waals surface area contributed by atoms with Gasteiger partial charge in [-0.3, -0.25) is 5.43 Å². The van der Waals surface area contributed by atoms with Crippen molar-refractivity contribution >= 4 is 11.7 Å². The molecule has 0 saturated heterocycles. The van der Waals surface area contributed by atoms with Gasteiger partial charge in [0.15, 0.2) is 5.69 Å². The van der Waals surface area contributed by atoms with E-state index in [1.807, 2.05) is 30.3 Å². The maximum atomic E-state index is 10.5. The van der Waals surface area contributed by atoms with E-state index in [4.69, 9.17) is 5.11 Å². The predicted molar refractivity (Wildman–Crippen MR) is 52.4 cm³/mol. The lowest BCUT2D eigenvalue weighted by Crippen LogP contribution is -2.09. The van der Waals surface area contributed by atoms with Gasteiger partial charge in [0.05, 0.1) is 11.9 Å². The molecular weight excluding hydrogens is 196 g/mol. The van der Waals surface area contributed by atoms with Crippen molar-refractivity contribution in [2.45, 2.75) is 0 Å². The number of hydrogen-bond donors (Lipinski definition) is 2. The van der Waals surface area contributed by atoms with Crippen LogP contribution in [0.5, 0.6) is 0 Å². The summed E-state index contributed by atoms with van der Waals surface area (Å²) in [6, 6.07) is 9.27. The molecule has 0 unspecified atom stereocenters. The highest BCUT2D eigenvalue weighted by atomic mass is 16.4. The van der Waals surface area contributed by atoms with E-state index >= 15 is 0 Å². The highest BCUT2D eigenvalue weighted by molar-refractivity contribution is 5.84. The van der Waals surface area contributed by atoms with Gasteiger partial charge in [0.2, 0.25) is 0 Å². The van der Waals surface area contributed by atoms with Crippen LogP contribution in [0.2, 0.25) is 0 Å². The molecule has 0 radical (unpaired) electrons. The van der Waals surface area contributed by atoms with Crippen molar-refractivity contribution in [1.29, 1.82) is 0 Å². The molecule has 76 valence electrons. The van der Waals surface area contributed by atoms with E-state index in [1.54, 1.807) is 0 Å². The summed E-state index contributed by atoms with van der Waals surface area (Å²) >= 11 is 0. The minimum atomic E-state index is -1.10. The maximum absolute atomic E-state index is 10.5. The number of carboxylic acid groups (broad SMARTS) is 1. The molecule has 0 aliphatic carbocycles. The molecule has 0 saturated carbocycles. The topological polar surface area (TPSA) is 80.0 Å². The summed E-state index contributed by atoms with van der Waals surface area (Å²) in [5, 5.41) is 15.7. The first-order valence-corrected chi connectivity index (χ1v) is 4.23. The molecule has 0 aliphatic rings. The lowest BCUT2D eigenvalue weighted by Gasteiger charge is -2.02. The fraction of sp³-hybridized carbons (Fsp3) is 0.